The molecular weight excluding hydrogens is 218 g/mol. The Labute approximate surface area is 98.5 Å². The summed E-state index contributed by atoms with van der Waals surface area (Å²) in [5, 5.41) is 19.2. The molecule has 0 amide bonds. The molecule has 0 spiro atoms. The van der Waals surface area contributed by atoms with Crippen molar-refractivity contribution in [3.05, 3.63) is 34.1 Å². The van der Waals surface area contributed by atoms with E-state index in [1.807, 2.05) is 20.8 Å². The molecule has 0 saturated carbocycles. The summed E-state index contributed by atoms with van der Waals surface area (Å²) in [6, 6.07) is 2.64. The molecule has 1 aromatic carbocycles. The Morgan fingerprint density at radius 2 is 1.71 bits per heavy atom. The minimum Gasteiger partial charge on any atom is -0.504 e. The summed E-state index contributed by atoms with van der Waals surface area (Å²) >= 11 is 0. The van der Waals surface area contributed by atoms with E-state index in [0.717, 1.165) is 0 Å². The molecule has 0 radical (unpaired) electrons. The molecule has 2 aromatic rings. The number of aromatic nitrogens is 1. The smallest absolute Gasteiger partial charge is 0.193 e. The van der Waals surface area contributed by atoms with E-state index in [0.29, 0.717) is 16.5 Å². The molecule has 90 valence electrons. The number of H-pyrrole nitrogens is 1. The molecule has 0 fully saturated rings. The predicted octanol–water partition coefficient (Wildman–Crippen LogP) is 2.24. The van der Waals surface area contributed by atoms with Gasteiger partial charge in [0.05, 0.1) is 5.52 Å². The van der Waals surface area contributed by atoms with Crippen molar-refractivity contribution in [1.82, 2.24) is 4.98 Å². The van der Waals surface area contributed by atoms with Gasteiger partial charge in [0.2, 0.25) is 0 Å². The minimum atomic E-state index is -0.283. The Morgan fingerprint density at radius 1 is 1.12 bits per heavy atom. The molecule has 3 N–H and O–H groups in total. The van der Waals surface area contributed by atoms with Gasteiger partial charge in [-0.2, -0.15) is 0 Å². The van der Waals surface area contributed by atoms with Crippen molar-refractivity contribution in [1.29, 1.82) is 0 Å². The highest BCUT2D eigenvalue weighted by molar-refractivity contribution is 5.82. The summed E-state index contributed by atoms with van der Waals surface area (Å²) in [6.45, 7) is 5.84. The molecule has 4 heteroatoms. The van der Waals surface area contributed by atoms with Crippen molar-refractivity contribution < 1.29 is 10.2 Å². The van der Waals surface area contributed by atoms with Crippen LogP contribution in [-0.4, -0.2) is 15.2 Å². The third-order valence-corrected chi connectivity index (χ3v) is 2.78. The molecule has 0 unspecified atom stereocenters. The summed E-state index contributed by atoms with van der Waals surface area (Å²) in [6.07, 6.45) is 1.65. The monoisotopic (exact) mass is 233 g/mol. The first kappa shape index (κ1) is 11.5. The molecule has 0 atom stereocenters. The number of benzene rings is 1. The lowest BCUT2D eigenvalue weighted by molar-refractivity contribution is 0.404. The molecule has 4 nitrogen and oxygen atoms in total. The number of hydrogen-bond acceptors (Lipinski definition) is 3. The SMILES string of the molecule is CC(C)(C)c1c[nH]c2cc(O)c(O)cc2c1=O. The molecule has 2 rings (SSSR count). The van der Waals surface area contributed by atoms with Crippen LogP contribution in [0.25, 0.3) is 10.9 Å². The minimum absolute atomic E-state index is 0.124. The van der Waals surface area contributed by atoms with Crippen LogP contribution < -0.4 is 5.43 Å². The van der Waals surface area contributed by atoms with E-state index in [1.54, 1.807) is 6.20 Å². The number of aromatic hydroxyl groups is 2. The van der Waals surface area contributed by atoms with E-state index >= 15 is 0 Å². The van der Waals surface area contributed by atoms with Crippen LogP contribution in [0.2, 0.25) is 0 Å². The number of phenols is 2. The summed E-state index contributed by atoms with van der Waals surface area (Å²) in [7, 11) is 0. The topological polar surface area (TPSA) is 73.3 Å². The maximum absolute atomic E-state index is 12.2. The average Bonchev–Trinajstić information content (AvgIpc) is 2.19. The first-order chi connectivity index (χ1) is 7.80. The van der Waals surface area contributed by atoms with Gasteiger partial charge in [0.1, 0.15) is 0 Å². The first-order valence-corrected chi connectivity index (χ1v) is 5.38. The van der Waals surface area contributed by atoms with Crippen LogP contribution in [0.4, 0.5) is 0 Å². The first-order valence-electron chi connectivity index (χ1n) is 5.38. The fourth-order valence-corrected chi connectivity index (χ4v) is 1.80. The average molecular weight is 233 g/mol. The van der Waals surface area contributed by atoms with E-state index < -0.39 is 0 Å². The molecule has 0 aliphatic carbocycles. The van der Waals surface area contributed by atoms with Crippen LogP contribution in [0.3, 0.4) is 0 Å². The zero-order valence-corrected chi connectivity index (χ0v) is 10.0. The van der Waals surface area contributed by atoms with Crippen molar-refractivity contribution in [2.75, 3.05) is 0 Å². The Bertz CT molecular complexity index is 635. The van der Waals surface area contributed by atoms with Crippen LogP contribution in [0.5, 0.6) is 11.5 Å². The fraction of sp³-hybridized carbons (Fsp3) is 0.308. The number of phenolic OH excluding ortho intramolecular Hbond substituents is 2. The standard InChI is InChI=1S/C13H15NO3/c1-13(2,3)8-6-14-9-5-11(16)10(15)4-7(9)12(8)17/h4-6,15-16H,1-3H3,(H,14,17). The van der Waals surface area contributed by atoms with Gasteiger partial charge in [0.25, 0.3) is 0 Å². The molecule has 1 heterocycles. The second kappa shape index (κ2) is 3.52. The summed E-state index contributed by atoms with van der Waals surface area (Å²) in [5.74, 6) is -0.522. The summed E-state index contributed by atoms with van der Waals surface area (Å²) < 4.78 is 0. The zero-order valence-electron chi connectivity index (χ0n) is 10.0. The lowest BCUT2D eigenvalue weighted by Crippen LogP contribution is -2.22. The normalized spacial score (nSPS) is 11.9. The number of aromatic amines is 1. The summed E-state index contributed by atoms with van der Waals surface area (Å²) in [5.41, 5.74) is 0.768. The van der Waals surface area contributed by atoms with Gasteiger partial charge in [-0.1, -0.05) is 20.8 Å². The Morgan fingerprint density at radius 3 is 2.29 bits per heavy atom. The largest absolute Gasteiger partial charge is 0.504 e. The lowest BCUT2D eigenvalue weighted by Gasteiger charge is -2.18. The van der Waals surface area contributed by atoms with Gasteiger partial charge >= 0.3 is 0 Å². The zero-order chi connectivity index (χ0) is 12.8. The van der Waals surface area contributed by atoms with Gasteiger partial charge in [0, 0.05) is 23.2 Å². The van der Waals surface area contributed by atoms with Crippen LogP contribution in [-0.2, 0) is 5.41 Å². The maximum atomic E-state index is 12.2. The van der Waals surface area contributed by atoms with Crippen LogP contribution in [0.1, 0.15) is 26.3 Å². The van der Waals surface area contributed by atoms with Crippen molar-refractivity contribution in [3.63, 3.8) is 0 Å². The molecule has 17 heavy (non-hydrogen) atoms. The highest BCUT2D eigenvalue weighted by Gasteiger charge is 2.19. The third kappa shape index (κ3) is 1.86. The molecule has 0 aliphatic rings. The van der Waals surface area contributed by atoms with Crippen LogP contribution >= 0.6 is 0 Å². The summed E-state index contributed by atoms with van der Waals surface area (Å²) in [4.78, 5) is 15.2. The van der Waals surface area contributed by atoms with Gasteiger partial charge in [-0.15, -0.1) is 0 Å². The van der Waals surface area contributed by atoms with Gasteiger partial charge in [-0.25, -0.2) is 0 Å². The van der Waals surface area contributed by atoms with Gasteiger partial charge in [-0.05, 0) is 11.5 Å². The number of hydrogen-bond donors (Lipinski definition) is 3. The Kier molecular flexibility index (Phi) is 2.38. The Balaban J connectivity index is 2.85. The number of rotatable bonds is 0. The molecule has 1 aromatic heterocycles. The van der Waals surface area contributed by atoms with Gasteiger partial charge in [-0.3, -0.25) is 4.79 Å². The highest BCUT2D eigenvalue weighted by Crippen LogP contribution is 2.29. The second-order valence-electron chi connectivity index (χ2n) is 5.17. The molecule has 0 aliphatic heterocycles. The number of nitrogens with one attached hydrogen (secondary N) is 1. The van der Waals surface area contributed by atoms with E-state index in [-0.39, 0.29) is 22.3 Å². The lowest BCUT2D eigenvalue weighted by atomic mass is 9.87. The van der Waals surface area contributed by atoms with E-state index in [9.17, 15) is 15.0 Å². The predicted molar refractivity (Wildman–Crippen MR) is 66.6 cm³/mol. The Hall–Kier alpha value is -1.97. The van der Waals surface area contributed by atoms with Gasteiger partial charge < -0.3 is 15.2 Å². The molecule has 0 bridgehead atoms. The van der Waals surface area contributed by atoms with Crippen molar-refractivity contribution in [2.24, 2.45) is 0 Å². The molecular formula is C13H15NO3. The number of fused-ring (bicyclic) bond motifs is 1. The third-order valence-electron chi connectivity index (χ3n) is 2.78. The quantitative estimate of drug-likeness (QED) is 0.611. The van der Waals surface area contributed by atoms with Crippen LogP contribution in [0.15, 0.2) is 23.1 Å². The van der Waals surface area contributed by atoms with Crippen molar-refractivity contribution in [3.8, 4) is 11.5 Å². The second-order valence-corrected chi connectivity index (χ2v) is 5.17. The molecule has 0 saturated heterocycles. The highest BCUT2D eigenvalue weighted by atomic mass is 16.3. The van der Waals surface area contributed by atoms with Crippen molar-refractivity contribution >= 4 is 10.9 Å². The van der Waals surface area contributed by atoms with Crippen LogP contribution in [0, 0.1) is 0 Å². The van der Waals surface area contributed by atoms with E-state index in [4.69, 9.17) is 0 Å². The van der Waals surface area contributed by atoms with Gasteiger partial charge in [0.15, 0.2) is 16.9 Å². The van der Waals surface area contributed by atoms with E-state index in [1.165, 1.54) is 12.1 Å². The fourth-order valence-electron chi connectivity index (χ4n) is 1.80. The van der Waals surface area contributed by atoms with Crippen molar-refractivity contribution in [2.45, 2.75) is 26.2 Å². The maximum Gasteiger partial charge on any atom is 0.193 e. The number of pyridine rings is 1. The van der Waals surface area contributed by atoms with E-state index in [2.05, 4.69) is 4.98 Å².